The molecular formula is C16H18N4OS. The van der Waals surface area contributed by atoms with Crippen molar-refractivity contribution >= 4 is 22.2 Å². The van der Waals surface area contributed by atoms with Crippen molar-refractivity contribution in [3.8, 4) is 0 Å². The number of rotatable bonds is 2. The quantitative estimate of drug-likeness (QED) is 0.893. The molecule has 22 heavy (non-hydrogen) atoms. The van der Waals surface area contributed by atoms with Crippen molar-refractivity contribution in [1.29, 1.82) is 0 Å². The molecule has 2 aliphatic rings. The number of fused-ring (bicyclic) bond motifs is 3. The summed E-state index contributed by atoms with van der Waals surface area (Å²) in [7, 11) is 0. The Hall–Kier alpha value is -1.92. The van der Waals surface area contributed by atoms with Crippen molar-refractivity contribution in [2.75, 3.05) is 18.4 Å². The molecule has 2 aliphatic heterocycles. The first kappa shape index (κ1) is 13.7. The lowest BCUT2D eigenvalue weighted by Gasteiger charge is -2.27. The molecule has 0 radical (unpaired) electrons. The minimum absolute atomic E-state index is 0.0325. The summed E-state index contributed by atoms with van der Waals surface area (Å²) in [4.78, 5) is 20.5. The highest BCUT2D eigenvalue weighted by molar-refractivity contribution is 7.16. The number of aromatic nitrogens is 1. The molecule has 4 heterocycles. The Kier molecular flexibility index (Phi) is 3.35. The molecule has 5 nitrogen and oxygen atoms in total. The summed E-state index contributed by atoms with van der Waals surface area (Å²) in [5.41, 5.74) is 3.07. The molecule has 0 spiro atoms. The first-order valence-corrected chi connectivity index (χ1v) is 8.42. The molecule has 0 aliphatic carbocycles. The maximum Gasteiger partial charge on any atom is 0.256 e. The summed E-state index contributed by atoms with van der Waals surface area (Å²) >= 11 is 1.73. The second-order valence-corrected chi connectivity index (χ2v) is 6.77. The number of hydrogen-bond acceptors (Lipinski definition) is 5. The number of nitrogens with zero attached hydrogens (tertiary/aromatic N) is 2. The van der Waals surface area contributed by atoms with Crippen molar-refractivity contribution in [1.82, 2.24) is 15.2 Å². The van der Waals surface area contributed by atoms with Crippen LogP contribution >= 0.6 is 11.3 Å². The van der Waals surface area contributed by atoms with Gasteiger partial charge < -0.3 is 10.6 Å². The molecule has 6 heteroatoms. The van der Waals surface area contributed by atoms with Gasteiger partial charge in [0.25, 0.3) is 5.91 Å². The van der Waals surface area contributed by atoms with Crippen LogP contribution in [-0.4, -0.2) is 28.9 Å². The summed E-state index contributed by atoms with van der Waals surface area (Å²) in [5.74, 6) is 0.0325. The Morgan fingerprint density at radius 2 is 2.36 bits per heavy atom. The molecule has 2 N–H and O–H groups in total. The molecule has 2 aromatic heterocycles. The van der Waals surface area contributed by atoms with Gasteiger partial charge in [-0.15, -0.1) is 11.3 Å². The van der Waals surface area contributed by atoms with E-state index in [0.717, 1.165) is 42.2 Å². The van der Waals surface area contributed by atoms with Gasteiger partial charge in [0.1, 0.15) is 11.2 Å². The van der Waals surface area contributed by atoms with E-state index in [9.17, 15) is 4.79 Å². The summed E-state index contributed by atoms with van der Waals surface area (Å²) < 4.78 is 0. The van der Waals surface area contributed by atoms with Gasteiger partial charge in [-0.1, -0.05) is 13.0 Å². The smallest absolute Gasteiger partial charge is 0.256 e. The summed E-state index contributed by atoms with van der Waals surface area (Å²) in [6.45, 7) is 5.23. The second kappa shape index (κ2) is 5.37. The van der Waals surface area contributed by atoms with E-state index in [1.165, 1.54) is 10.4 Å². The fraction of sp³-hybridized carbons (Fsp3) is 0.375. The zero-order chi connectivity index (χ0) is 15.1. The Labute approximate surface area is 133 Å². The van der Waals surface area contributed by atoms with Gasteiger partial charge >= 0.3 is 0 Å². The first-order valence-electron chi connectivity index (χ1n) is 7.60. The molecule has 1 atom stereocenters. The molecule has 2 aromatic rings. The minimum atomic E-state index is -0.198. The normalized spacial score (nSPS) is 20.8. The van der Waals surface area contributed by atoms with Gasteiger partial charge in [0.05, 0.1) is 5.56 Å². The molecular weight excluding hydrogens is 296 g/mol. The van der Waals surface area contributed by atoms with Crippen molar-refractivity contribution in [2.45, 2.75) is 26.1 Å². The zero-order valence-corrected chi connectivity index (χ0v) is 13.2. The third-order valence-electron chi connectivity index (χ3n) is 4.38. The van der Waals surface area contributed by atoms with Crippen molar-refractivity contribution < 1.29 is 4.79 Å². The van der Waals surface area contributed by atoms with Crippen molar-refractivity contribution in [3.63, 3.8) is 0 Å². The van der Waals surface area contributed by atoms with Crippen LogP contribution in [0.1, 0.15) is 39.5 Å². The van der Waals surface area contributed by atoms with E-state index in [2.05, 4.69) is 27.4 Å². The van der Waals surface area contributed by atoms with Crippen LogP contribution in [0.25, 0.3) is 0 Å². The lowest BCUT2D eigenvalue weighted by atomic mass is 10.0. The predicted molar refractivity (Wildman–Crippen MR) is 87.0 cm³/mol. The lowest BCUT2D eigenvalue weighted by molar-refractivity contribution is 0.0934. The van der Waals surface area contributed by atoms with E-state index in [0.29, 0.717) is 0 Å². The molecule has 0 saturated carbocycles. The number of anilines is 1. The van der Waals surface area contributed by atoms with Gasteiger partial charge in [-0.2, -0.15) is 0 Å². The fourth-order valence-electron chi connectivity index (χ4n) is 3.15. The molecule has 0 saturated heterocycles. The van der Waals surface area contributed by atoms with Crippen LogP contribution < -0.4 is 10.6 Å². The van der Waals surface area contributed by atoms with Gasteiger partial charge in [0.2, 0.25) is 0 Å². The van der Waals surface area contributed by atoms with Gasteiger partial charge in [-0.25, -0.2) is 0 Å². The summed E-state index contributed by atoms with van der Waals surface area (Å²) in [6.07, 6.45) is 4.29. The fourth-order valence-corrected chi connectivity index (χ4v) is 4.47. The number of hydrogen-bond donors (Lipinski definition) is 2. The van der Waals surface area contributed by atoms with Crippen LogP contribution in [0.3, 0.4) is 0 Å². The zero-order valence-electron chi connectivity index (χ0n) is 12.4. The third kappa shape index (κ3) is 2.19. The van der Waals surface area contributed by atoms with Crippen LogP contribution in [0.5, 0.6) is 0 Å². The van der Waals surface area contributed by atoms with E-state index in [-0.39, 0.29) is 12.1 Å². The number of pyridine rings is 1. The van der Waals surface area contributed by atoms with E-state index in [1.807, 2.05) is 12.1 Å². The molecule has 0 fully saturated rings. The number of amides is 1. The van der Waals surface area contributed by atoms with E-state index in [4.69, 9.17) is 0 Å². The van der Waals surface area contributed by atoms with Crippen LogP contribution in [-0.2, 0) is 13.0 Å². The average molecular weight is 314 g/mol. The first-order chi connectivity index (χ1) is 10.8. The maximum atomic E-state index is 12.6. The molecule has 0 aromatic carbocycles. The highest BCUT2D eigenvalue weighted by Crippen LogP contribution is 2.40. The second-order valence-electron chi connectivity index (χ2n) is 5.66. The van der Waals surface area contributed by atoms with Crippen LogP contribution in [0.4, 0.5) is 5.00 Å². The Morgan fingerprint density at radius 1 is 1.45 bits per heavy atom. The molecule has 114 valence electrons. The highest BCUT2D eigenvalue weighted by Gasteiger charge is 2.33. The average Bonchev–Trinajstić information content (AvgIpc) is 2.93. The summed E-state index contributed by atoms with van der Waals surface area (Å²) in [5, 5.41) is 7.52. The number of thiophene rings is 1. The van der Waals surface area contributed by atoms with Crippen LogP contribution in [0.2, 0.25) is 0 Å². The van der Waals surface area contributed by atoms with Crippen LogP contribution in [0, 0.1) is 0 Å². The van der Waals surface area contributed by atoms with Crippen LogP contribution in [0.15, 0.2) is 24.5 Å². The predicted octanol–water partition coefficient (Wildman–Crippen LogP) is 2.38. The van der Waals surface area contributed by atoms with E-state index in [1.54, 1.807) is 23.7 Å². The van der Waals surface area contributed by atoms with Gasteiger partial charge in [0, 0.05) is 35.9 Å². The number of carbonyl (C=O) groups excluding carboxylic acids is 1. The van der Waals surface area contributed by atoms with Crippen molar-refractivity contribution in [2.24, 2.45) is 0 Å². The van der Waals surface area contributed by atoms with E-state index >= 15 is 0 Å². The van der Waals surface area contributed by atoms with Gasteiger partial charge in [-0.3, -0.25) is 14.7 Å². The summed E-state index contributed by atoms with van der Waals surface area (Å²) in [6, 6.07) is 3.86. The SMILES string of the molecule is CCN1CCc2c(sc3c2C(=O)N[C@H](c2cccnc2)N3)C1. The largest absolute Gasteiger partial charge is 0.353 e. The molecule has 0 bridgehead atoms. The highest BCUT2D eigenvalue weighted by atomic mass is 32.1. The van der Waals surface area contributed by atoms with Gasteiger partial charge in [-0.05, 0) is 24.6 Å². The van der Waals surface area contributed by atoms with Gasteiger partial charge in [0.15, 0.2) is 0 Å². The van der Waals surface area contributed by atoms with E-state index < -0.39 is 0 Å². The number of carbonyl (C=O) groups is 1. The maximum absolute atomic E-state index is 12.6. The molecule has 4 rings (SSSR count). The van der Waals surface area contributed by atoms with Crippen molar-refractivity contribution in [3.05, 3.63) is 46.1 Å². The standard InChI is InChI=1S/C16H18N4OS/c1-2-20-7-5-11-12(9-20)22-16-13(11)15(21)18-14(19-16)10-4-3-6-17-8-10/h3-4,6,8,14,19H,2,5,7,9H2,1H3,(H,18,21)/t14-/m0/s1. The molecule has 0 unspecified atom stereocenters. The molecule has 1 amide bonds. The number of nitrogens with one attached hydrogen (secondary N) is 2. The minimum Gasteiger partial charge on any atom is -0.353 e. The third-order valence-corrected chi connectivity index (χ3v) is 5.53. The monoisotopic (exact) mass is 314 g/mol. The Bertz CT molecular complexity index is 712. The Balaban J connectivity index is 1.68. The topological polar surface area (TPSA) is 57.3 Å². The Morgan fingerprint density at radius 3 is 3.14 bits per heavy atom. The lowest BCUT2D eigenvalue weighted by Crippen LogP contribution is -2.38. The number of likely N-dealkylation sites (N-methyl/N-ethyl adjacent to an activating group) is 1.